The van der Waals surface area contributed by atoms with Crippen LogP contribution in [0.4, 0.5) is 17.1 Å². The van der Waals surface area contributed by atoms with Crippen LogP contribution in [-0.4, -0.2) is 0 Å². The zero-order valence-electron chi connectivity index (χ0n) is 29.6. The van der Waals surface area contributed by atoms with E-state index in [1.165, 1.54) is 33.0 Å². The van der Waals surface area contributed by atoms with Gasteiger partial charge in [0.1, 0.15) is 11.2 Å². The highest BCUT2D eigenvalue weighted by Gasteiger charge is 2.17. The topological polar surface area (TPSA) is 16.4 Å². The van der Waals surface area contributed by atoms with Crippen LogP contribution in [0.1, 0.15) is 0 Å². The van der Waals surface area contributed by atoms with Crippen LogP contribution >= 0.6 is 0 Å². The maximum Gasteiger partial charge on any atom is 0.143 e. The van der Waals surface area contributed by atoms with Gasteiger partial charge in [0.25, 0.3) is 0 Å². The summed E-state index contributed by atoms with van der Waals surface area (Å²) >= 11 is 0. The third-order valence-corrected chi connectivity index (χ3v) is 10.5. The Labute approximate surface area is 314 Å². The summed E-state index contributed by atoms with van der Waals surface area (Å²) in [5.41, 5.74) is 14.6. The molecule has 0 saturated carbocycles. The van der Waals surface area contributed by atoms with Gasteiger partial charge in [0.2, 0.25) is 0 Å². The number of anilines is 3. The van der Waals surface area contributed by atoms with Crippen LogP contribution in [0, 0.1) is 0 Å². The van der Waals surface area contributed by atoms with E-state index in [4.69, 9.17) is 4.42 Å². The zero-order valence-corrected chi connectivity index (χ0v) is 29.6. The number of para-hydroxylation sites is 1. The van der Waals surface area contributed by atoms with Crippen LogP contribution in [0.25, 0.3) is 77.2 Å². The second kappa shape index (κ2) is 13.4. The first-order valence-corrected chi connectivity index (χ1v) is 18.4. The van der Waals surface area contributed by atoms with Crippen molar-refractivity contribution in [2.24, 2.45) is 0 Å². The second-order valence-corrected chi connectivity index (χ2v) is 13.7. The van der Waals surface area contributed by atoms with Crippen LogP contribution in [-0.2, 0) is 0 Å². The van der Waals surface area contributed by atoms with E-state index in [2.05, 4.69) is 211 Å². The van der Waals surface area contributed by atoms with Gasteiger partial charge in [-0.05, 0) is 86.8 Å². The largest absolute Gasteiger partial charge is 0.455 e. The van der Waals surface area contributed by atoms with E-state index in [0.717, 1.165) is 61.3 Å². The average Bonchev–Trinajstić information content (AvgIpc) is 3.63. The predicted octanol–water partition coefficient (Wildman–Crippen LogP) is 14.9. The minimum atomic E-state index is 0.895. The van der Waals surface area contributed by atoms with Crippen molar-refractivity contribution < 1.29 is 4.42 Å². The number of fused-ring (bicyclic) bond motifs is 4. The lowest BCUT2D eigenvalue weighted by molar-refractivity contribution is 0.670. The molecule has 254 valence electrons. The standard InChI is InChI=1S/C52H35NO/c1-3-11-36(12-4-1)37-21-23-38(24-22-37)39-25-30-44(31-26-39)53(50-20-9-16-41-15-7-8-17-46(41)50)45-32-27-40(28-33-45)43-29-34-51-49(35-43)48-19-10-18-47(52(48)54-51)42-13-5-2-6-14-42/h1-35H. The first-order chi connectivity index (χ1) is 26.8. The normalized spacial score (nSPS) is 11.3. The molecule has 0 amide bonds. The molecule has 0 aliphatic heterocycles. The molecule has 0 fully saturated rings. The summed E-state index contributed by atoms with van der Waals surface area (Å²) in [6.07, 6.45) is 0. The van der Waals surface area contributed by atoms with Gasteiger partial charge in [-0.2, -0.15) is 0 Å². The van der Waals surface area contributed by atoms with Gasteiger partial charge in [-0.1, -0.05) is 170 Å². The molecular weight excluding hydrogens is 655 g/mol. The van der Waals surface area contributed by atoms with E-state index in [0.29, 0.717) is 0 Å². The molecule has 1 aromatic heterocycles. The fraction of sp³-hybridized carbons (Fsp3) is 0. The molecule has 9 aromatic carbocycles. The average molecular weight is 690 g/mol. The van der Waals surface area contributed by atoms with Gasteiger partial charge < -0.3 is 9.32 Å². The number of rotatable bonds is 7. The Morgan fingerprint density at radius 1 is 0.315 bits per heavy atom. The lowest BCUT2D eigenvalue weighted by Crippen LogP contribution is -2.10. The van der Waals surface area contributed by atoms with Gasteiger partial charge >= 0.3 is 0 Å². The highest BCUT2D eigenvalue weighted by molar-refractivity contribution is 6.10. The highest BCUT2D eigenvalue weighted by Crippen LogP contribution is 2.41. The highest BCUT2D eigenvalue weighted by atomic mass is 16.3. The van der Waals surface area contributed by atoms with Crippen molar-refractivity contribution in [3.63, 3.8) is 0 Å². The van der Waals surface area contributed by atoms with E-state index in [1.807, 2.05) is 6.07 Å². The Bertz CT molecular complexity index is 2880. The molecule has 0 radical (unpaired) electrons. The van der Waals surface area contributed by atoms with E-state index in [9.17, 15) is 0 Å². The Morgan fingerprint density at radius 3 is 1.46 bits per heavy atom. The van der Waals surface area contributed by atoms with Crippen molar-refractivity contribution in [3.05, 3.63) is 212 Å². The Hall–Kier alpha value is -7.16. The molecule has 0 bridgehead atoms. The van der Waals surface area contributed by atoms with Crippen LogP contribution in [0.15, 0.2) is 217 Å². The smallest absolute Gasteiger partial charge is 0.143 e. The van der Waals surface area contributed by atoms with Gasteiger partial charge in [-0.15, -0.1) is 0 Å². The molecule has 10 aromatic rings. The van der Waals surface area contributed by atoms with Crippen molar-refractivity contribution >= 4 is 49.8 Å². The third-order valence-electron chi connectivity index (χ3n) is 10.5. The Kier molecular flexibility index (Phi) is 7.85. The lowest BCUT2D eigenvalue weighted by atomic mass is 9.99. The number of hydrogen-bond donors (Lipinski definition) is 0. The van der Waals surface area contributed by atoms with Gasteiger partial charge in [0.05, 0.1) is 5.69 Å². The molecule has 1 heterocycles. The summed E-state index contributed by atoms with van der Waals surface area (Å²) < 4.78 is 6.47. The molecule has 10 rings (SSSR count). The molecule has 0 unspecified atom stereocenters. The molecular formula is C52H35NO. The Balaban J connectivity index is 1.01. The molecule has 0 N–H and O–H groups in total. The predicted molar refractivity (Wildman–Crippen MR) is 228 cm³/mol. The van der Waals surface area contributed by atoms with Crippen LogP contribution in [0.5, 0.6) is 0 Å². The van der Waals surface area contributed by atoms with Crippen LogP contribution in [0.2, 0.25) is 0 Å². The molecule has 0 aliphatic rings. The monoisotopic (exact) mass is 689 g/mol. The van der Waals surface area contributed by atoms with Crippen molar-refractivity contribution in [3.8, 4) is 44.5 Å². The molecule has 2 heteroatoms. The lowest BCUT2D eigenvalue weighted by Gasteiger charge is -2.27. The van der Waals surface area contributed by atoms with E-state index in [1.54, 1.807) is 0 Å². The summed E-state index contributed by atoms with van der Waals surface area (Å²) in [6.45, 7) is 0. The van der Waals surface area contributed by atoms with Crippen LogP contribution < -0.4 is 4.90 Å². The summed E-state index contributed by atoms with van der Waals surface area (Å²) in [5, 5.41) is 4.67. The SMILES string of the molecule is c1ccc(-c2ccc(-c3ccc(N(c4ccc(-c5ccc6oc7c(-c8ccccc8)cccc7c6c5)cc4)c4cccc5ccccc45)cc3)cc2)cc1. The molecule has 0 atom stereocenters. The molecule has 0 aliphatic carbocycles. The maximum absolute atomic E-state index is 6.47. The number of furan rings is 1. The van der Waals surface area contributed by atoms with Crippen LogP contribution in [0.3, 0.4) is 0 Å². The number of hydrogen-bond acceptors (Lipinski definition) is 2. The molecule has 0 spiro atoms. The summed E-state index contributed by atoms with van der Waals surface area (Å²) in [6, 6.07) is 75.8. The quantitative estimate of drug-likeness (QED) is 0.166. The summed E-state index contributed by atoms with van der Waals surface area (Å²) in [4.78, 5) is 2.37. The zero-order chi connectivity index (χ0) is 35.8. The minimum absolute atomic E-state index is 0.895. The van der Waals surface area contributed by atoms with Gasteiger partial charge in [-0.3, -0.25) is 0 Å². The van der Waals surface area contributed by atoms with E-state index >= 15 is 0 Å². The third kappa shape index (κ3) is 5.71. The number of nitrogens with zero attached hydrogens (tertiary/aromatic N) is 1. The molecule has 2 nitrogen and oxygen atoms in total. The molecule has 54 heavy (non-hydrogen) atoms. The second-order valence-electron chi connectivity index (χ2n) is 13.7. The molecule has 0 saturated heterocycles. The fourth-order valence-electron chi connectivity index (χ4n) is 7.75. The Morgan fingerprint density at radius 2 is 0.796 bits per heavy atom. The van der Waals surface area contributed by atoms with Crippen molar-refractivity contribution in [2.45, 2.75) is 0 Å². The van der Waals surface area contributed by atoms with Crippen molar-refractivity contribution in [1.82, 2.24) is 0 Å². The summed E-state index contributed by atoms with van der Waals surface area (Å²) in [5.74, 6) is 0. The van der Waals surface area contributed by atoms with E-state index in [-0.39, 0.29) is 0 Å². The fourth-order valence-corrected chi connectivity index (χ4v) is 7.75. The first-order valence-electron chi connectivity index (χ1n) is 18.4. The number of benzene rings is 9. The first kappa shape index (κ1) is 31.6. The van der Waals surface area contributed by atoms with E-state index < -0.39 is 0 Å². The van der Waals surface area contributed by atoms with Gasteiger partial charge in [-0.25, -0.2) is 0 Å². The summed E-state index contributed by atoms with van der Waals surface area (Å²) in [7, 11) is 0. The van der Waals surface area contributed by atoms with Gasteiger partial charge in [0.15, 0.2) is 0 Å². The minimum Gasteiger partial charge on any atom is -0.455 e. The maximum atomic E-state index is 6.47. The van der Waals surface area contributed by atoms with Crippen molar-refractivity contribution in [2.75, 3.05) is 4.90 Å². The van der Waals surface area contributed by atoms with Gasteiger partial charge in [0, 0.05) is 33.1 Å². The van der Waals surface area contributed by atoms with Crippen molar-refractivity contribution in [1.29, 1.82) is 0 Å².